The van der Waals surface area contributed by atoms with Gasteiger partial charge in [-0.3, -0.25) is 0 Å². The molecular formula is C2H4ClS-. The molecule has 0 aromatic heterocycles. The van der Waals surface area contributed by atoms with Crippen LogP contribution in [0.3, 0.4) is 0 Å². The molecule has 0 atom stereocenters. The Hall–Kier alpha value is 0.290. The lowest BCUT2D eigenvalue weighted by Crippen LogP contribution is -3.00. The third-order valence-electron chi connectivity index (χ3n) is 0. The van der Waals surface area contributed by atoms with E-state index in [0.29, 0.717) is 0 Å². The van der Waals surface area contributed by atoms with Crippen molar-refractivity contribution in [2.75, 3.05) is 6.26 Å². The van der Waals surface area contributed by atoms with E-state index in [2.05, 4.69) is 0 Å². The van der Waals surface area contributed by atoms with E-state index < -0.39 is 0 Å². The Morgan fingerprint density at radius 2 is 1.75 bits per heavy atom. The molecule has 0 heterocycles. The Morgan fingerprint density at radius 1 is 1.75 bits per heavy atom. The second-order valence-electron chi connectivity index (χ2n) is 0.236. The molecule has 0 bridgehead atoms. The predicted octanol–water partition coefficient (Wildman–Crippen LogP) is -2.06. The largest absolute Gasteiger partial charge is 1.00 e. The molecule has 0 rings (SSSR count). The van der Waals surface area contributed by atoms with E-state index in [-0.39, 0.29) is 12.4 Å². The lowest BCUT2D eigenvalue weighted by Gasteiger charge is -1.24. The van der Waals surface area contributed by atoms with Gasteiger partial charge in [-0.15, -0.1) is 16.9 Å². The normalized spacial score (nSPS) is 3.00. The van der Waals surface area contributed by atoms with E-state index in [1.54, 1.807) is 0 Å². The zero-order chi connectivity index (χ0) is 2.71. The Kier molecular flexibility index (Phi) is 23.0. The smallest absolute Gasteiger partial charge is 0.00606 e. The zero-order valence-corrected chi connectivity index (χ0v) is 3.94. The van der Waals surface area contributed by atoms with Crippen LogP contribution in [-0.2, 0) is 0 Å². The van der Waals surface area contributed by atoms with Crippen LogP contribution >= 0.6 is 11.2 Å². The van der Waals surface area contributed by atoms with Crippen molar-refractivity contribution < 1.29 is 12.4 Å². The standard InChI is InChI=1S/C2H4S.ClH/c1-3-2;/h1H,2H3;1H/p-1. The van der Waals surface area contributed by atoms with E-state index in [1.165, 1.54) is 11.2 Å². The summed E-state index contributed by atoms with van der Waals surface area (Å²) in [7, 11) is 0. The van der Waals surface area contributed by atoms with Crippen LogP contribution in [0, 0.1) is 5.69 Å². The molecule has 0 aliphatic heterocycles. The van der Waals surface area contributed by atoms with E-state index in [1.807, 2.05) is 6.26 Å². The van der Waals surface area contributed by atoms with Gasteiger partial charge in [-0.2, -0.15) is 0 Å². The Labute approximate surface area is 36.2 Å². The molecule has 0 aliphatic rings. The van der Waals surface area contributed by atoms with Crippen molar-refractivity contribution in [1.29, 1.82) is 0 Å². The molecular weight excluding hydrogens is 91.5 g/mol. The van der Waals surface area contributed by atoms with Gasteiger partial charge in [0.15, 0.2) is 0 Å². The first kappa shape index (κ1) is 8.85. The average Bonchev–Trinajstić information content (AvgIpc) is 0.918. The van der Waals surface area contributed by atoms with E-state index >= 15 is 0 Å². The number of hydrogen-bond acceptors (Lipinski definition) is 0. The maximum atomic E-state index is 4.76. The molecule has 0 unspecified atom stereocenters. The Balaban J connectivity index is 0. The van der Waals surface area contributed by atoms with Crippen molar-refractivity contribution in [3.63, 3.8) is 0 Å². The molecule has 4 heavy (non-hydrogen) atoms. The molecule has 2 heteroatoms. The summed E-state index contributed by atoms with van der Waals surface area (Å²) in [4.78, 5) is 0. The maximum absolute atomic E-state index is 4.76. The van der Waals surface area contributed by atoms with Gasteiger partial charge in [-0.25, -0.2) is 0 Å². The van der Waals surface area contributed by atoms with Crippen molar-refractivity contribution in [3.05, 3.63) is 0 Å². The van der Waals surface area contributed by atoms with Crippen LogP contribution in [0.4, 0.5) is 0 Å². The van der Waals surface area contributed by atoms with Gasteiger partial charge >= 0.3 is 0 Å². The number of halogens is 1. The van der Waals surface area contributed by atoms with E-state index in [4.69, 9.17) is 5.69 Å². The fourth-order valence-corrected chi connectivity index (χ4v) is 0. The second-order valence-corrected chi connectivity index (χ2v) is 0.707. The van der Waals surface area contributed by atoms with Crippen LogP contribution in [0.5, 0.6) is 0 Å². The summed E-state index contributed by atoms with van der Waals surface area (Å²) in [5.41, 5.74) is 4.76. The highest BCUT2D eigenvalue weighted by molar-refractivity contribution is 7.87. The zero-order valence-electron chi connectivity index (χ0n) is 2.36. The third-order valence-corrected chi connectivity index (χ3v) is 0. The van der Waals surface area contributed by atoms with Gasteiger partial charge in [0.2, 0.25) is 0 Å². The number of rotatable bonds is 0. The summed E-state index contributed by atoms with van der Waals surface area (Å²) >= 11 is 1.25. The minimum Gasteiger partial charge on any atom is -1.00 e. The van der Waals surface area contributed by atoms with Crippen LogP contribution in [0.2, 0.25) is 0 Å². The van der Waals surface area contributed by atoms with Gasteiger partial charge in [0.1, 0.15) is 0 Å². The third kappa shape index (κ3) is 45.3. The fraction of sp³-hybridized carbons (Fsp3) is 0.500. The van der Waals surface area contributed by atoms with Crippen LogP contribution in [0.25, 0.3) is 0 Å². The van der Waals surface area contributed by atoms with Gasteiger partial charge < -0.3 is 12.4 Å². The monoisotopic (exact) mass is 95.0 g/mol. The molecule has 0 aromatic rings. The highest BCUT2D eigenvalue weighted by Crippen LogP contribution is 1.47. The molecule has 0 N–H and O–H groups in total. The van der Waals surface area contributed by atoms with Gasteiger partial charge in [0.05, 0.1) is 0 Å². The Bertz CT molecular complexity index is 27.5. The molecule has 0 nitrogen and oxygen atoms in total. The lowest BCUT2D eigenvalue weighted by atomic mass is 11.9. The summed E-state index contributed by atoms with van der Waals surface area (Å²) in [5.74, 6) is 0. The SMILES string of the molecule is C#SC.[Cl-]. The van der Waals surface area contributed by atoms with Crippen LogP contribution in [0.1, 0.15) is 0 Å². The average molecular weight is 95.6 g/mol. The summed E-state index contributed by atoms with van der Waals surface area (Å²) in [5, 5.41) is 0. The molecule has 0 saturated carbocycles. The quantitative estimate of drug-likeness (QED) is 0.325. The van der Waals surface area contributed by atoms with E-state index in [9.17, 15) is 0 Å². The minimum absolute atomic E-state index is 0. The lowest BCUT2D eigenvalue weighted by molar-refractivity contribution is -0.000000654. The van der Waals surface area contributed by atoms with Crippen LogP contribution in [-0.4, -0.2) is 6.26 Å². The second kappa shape index (κ2) is 10.4. The minimum atomic E-state index is 0. The van der Waals surface area contributed by atoms with E-state index in [0.717, 1.165) is 0 Å². The molecule has 26 valence electrons. The molecule has 0 amide bonds. The van der Waals surface area contributed by atoms with Crippen molar-refractivity contribution in [1.82, 2.24) is 0 Å². The molecule has 0 aromatic carbocycles. The van der Waals surface area contributed by atoms with Gasteiger partial charge in [0.25, 0.3) is 0 Å². The van der Waals surface area contributed by atoms with Gasteiger partial charge in [0, 0.05) is 6.26 Å². The molecule has 0 spiro atoms. The van der Waals surface area contributed by atoms with Gasteiger partial charge in [-0.05, 0) is 0 Å². The molecule has 0 aliphatic carbocycles. The predicted molar refractivity (Wildman–Crippen MR) is 18.5 cm³/mol. The van der Waals surface area contributed by atoms with Crippen molar-refractivity contribution >= 4 is 11.2 Å². The summed E-state index contributed by atoms with van der Waals surface area (Å²) in [6, 6.07) is 0. The maximum Gasteiger partial charge on any atom is 0.00606 e. The first-order chi connectivity index (χ1) is 1.41. The van der Waals surface area contributed by atoms with Crippen molar-refractivity contribution in [3.8, 4) is 5.69 Å². The fourth-order valence-electron chi connectivity index (χ4n) is 0. The molecule has 0 radical (unpaired) electrons. The summed E-state index contributed by atoms with van der Waals surface area (Å²) in [6.07, 6.45) is 1.82. The first-order valence-electron chi connectivity index (χ1n) is 0.644. The van der Waals surface area contributed by atoms with Crippen LogP contribution < -0.4 is 12.4 Å². The Morgan fingerprint density at radius 3 is 1.75 bits per heavy atom. The first-order valence-corrected chi connectivity index (χ1v) is 1.93. The molecule has 0 fully saturated rings. The summed E-state index contributed by atoms with van der Waals surface area (Å²) < 4.78 is 0. The topological polar surface area (TPSA) is 0 Å². The van der Waals surface area contributed by atoms with Crippen LogP contribution in [0.15, 0.2) is 0 Å². The molecule has 0 saturated heterocycles. The van der Waals surface area contributed by atoms with Gasteiger partial charge in [-0.1, -0.05) is 0 Å². The van der Waals surface area contributed by atoms with Crippen molar-refractivity contribution in [2.45, 2.75) is 0 Å². The van der Waals surface area contributed by atoms with Crippen molar-refractivity contribution in [2.24, 2.45) is 0 Å². The highest BCUT2D eigenvalue weighted by atomic mass is 35.5. The highest BCUT2D eigenvalue weighted by Gasteiger charge is 1.08. The number of hydrogen-bond donors (Lipinski definition) is 0. The summed E-state index contributed by atoms with van der Waals surface area (Å²) in [6.45, 7) is 0.